The Balaban J connectivity index is 1.19. The highest BCUT2D eigenvalue weighted by molar-refractivity contribution is 6.31. The summed E-state index contributed by atoms with van der Waals surface area (Å²) in [6, 6.07) is 11.3. The van der Waals surface area contributed by atoms with Gasteiger partial charge in [-0.2, -0.15) is 0 Å². The third-order valence-corrected chi connectivity index (χ3v) is 7.30. The van der Waals surface area contributed by atoms with Crippen molar-refractivity contribution in [2.45, 2.75) is 45.1 Å². The Morgan fingerprint density at radius 1 is 1.09 bits per heavy atom. The van der Waals surface area contributed by atoms with Crippen LogP contribution in [0, 0.1) is 0 Å². The summed E-state index contributed by atoms with van der Waals surface area (Å²) in [5.41, 5.74) is 4.86. The van der Waals surface area contributed by atoms with E-state index in [2.05, 4.69) is 32.6 Å². The Labute approximate surface area is 209 Å². The molecule has 3 aliphatic heterocycles. The van der Waals surface area contributed by atoms with Crippen LogP contribution >= 0.6 is 11.6 Å². The highest BCUT2D eigenvalue weighted by Gasteiger charge is 2.34. The van der Waals surface area contributed by atoms with Crippen molar-refractivity contribution in [3.63, 3.8) is 0 Å². The van der Waals surface area contributed by atoms with Crippen molar-refractivity contribution in [1.29, 1.82) is 0 Å². The number of halogens is 1. The van der Waals surface area contributed by atoms with Crippen molar-refractivity contribution >= 4 is 29.3 Å². The third-order valence-electron chi connectivity index (χ3n) is 6.93. The molecule has 2 fully saturated rings. The molecule has 0 bridgehead atoms. The van der Waals surface area contributed by atoms with E-state index < -0.39 is 0 Å². The summed E-state index contributed by atoms with van der Waals surface area (Å²) in [6.07, 6.45) is 0.926. The molecule has 3 heterocycles. The zero-order chi connectivity index (χ0) is 24.4. The maximum atomic E-state index is 12.9. The van der Waals surface area contributed by atoms with Crippen molar-refractivity contribution in [3.8, 4) is 0 Å². The minimum atomic E-state index is -0.278. The SMILES string of the molecule is O=C1CCC(N2Cc3ccc(CNC(=O)c4ccc(Cl)c(CN5CCOCC5)c4)cc3C2)C(=O)N1. The van der Waals surface area contributed by atoms with Gasteiger partial charge in [0.15, 0.2) is 0 Å². The maximum Gasteiger partial charge on any atom is 0.251 e. The summed E-state index contributed by atoms with van der Waals surface area (Å²) in [5, 5.41) is 6.11. The smallest absolute Gasteiger partial charge is 0.251 e. The maximum absolute atomic E-state index is 12.9. The standard InChI is InChI=1S/C26H29ClN4O4/c27-22-4-3-18(12-21(22)14-30-7-9-35-10-8-30)25(33)28-13-17-1-2-19-15-31(16-20(19)11-17)23-5-6-24(32)29-26(23)34/h1-4,11-12,23H,5-10,13-16H2,(H,28,33)(H,29,32,34). The first-order valence-corrected chi connectivity index (χ1v) is 12.4. The molecule has 0 radical (unpaired) electrons. The van der Waals surface area contributed by atoms with Crippen molar-refractivity contribution < 1.29 is 19.1 Å². The molecule has 2 N–H and O–H groups in total. The minimum Gasteiger partial charge on any atom is -0.379 e. The van der Waals surface area contributed by atoms with E-state index in [4.69, 9.17) is 16.3 Å². The first kappa shape index (κ1) is 23.9. The van der Waals surface area contributed by atoms with Gasteiger partial charge >= 0.3 is 0 Å². The largest absolute Gasteiger partial charge is 0.379 e. The third kappa shape index (κ3) is 5.56. The van der Waals surface area contributed by atoms with Crippen LogP contribution in [0.2, 0.25) is 5.02 Å². The normalized spacial score (nSPS) is 21.0. The molecule has 3 aliphatic rings. The van der Waals surface area contributed by atoms with Gasteiger partial charge in [-0.25, -0.2) is 0 Å². The summed E-state index contributed by atoms with van der Waals surface area (Å²) < 4.78 is 5.41. The zero-order valence-electron chi connectivity index (χ0n) is 19.5. The molecule has 2 saturated heterocycles. The van der Waals surface area contributed by atoms with Crippen molar-refractivity contribution in [3.05, 3.63) is 69.2 Å². The molecular formula is C26H29ClN4O4. The number of carbonyl (C=O) groups excluding carboxylic acids is 3. The number of fused-ring (bicyclic) bond motifs is 1. The molecule has 0 aromatic heterocycles. The number of morpholine rings is 1. The van der Waals surface area contributed by atoms with Gasteiger partial charge in [0.1, 0.15) is 0 Å². The summed E-state index contributed by atoms with van der Waals surface area (Å²) in [5.74, 6) is -0.553. The number of ether oxygens (including phenoxy) is 1. The molecule has 184 valence electrons. The highest BCUT2D eigenvalue weighted by Crippen LogP contribution is 2.28. The van der Waals surface area contributed by atoms with Crippen molar-refractivity contribution in [2.75, 3.05) is 26.3 Å². The van der Waals surface area contributed by atoms with E-state index in [1.54, 1.807) is 12.1 Å². The fraction of sp³-hybridized carbons (Fsp3) is 0.423. The molecule has 35 heavy (non-hydrogen) atoms. The van der Waals surface area contributed by atoms with E-state index in [9.17, 15) is 14.4 Å². The zero-order valence-corrected chi connectivity index (χ0v) is 20.3. The van der Waals surface area contributed by atoms with Crippen LogP contribution in [0.3, 0.4) is 0 Å². The molecule has 5 rings (SSSR count). The lowest BCUT2D eigenvalue weighted by molar-refractivity contribution is -0.137. The van der Waals surface area contributed by atoms with Gasteiger partial charge in [0, 0.05) is 56.3 Å². The van der Waals surface area contributed by atoms with E-state index in [0.717, 1.165) is 29.8 Å². The second kappa shape index (κ2) is 10.5. The Morgan fingerprint density at radius 2 is 1.89 bits per heavy atom. The number of amides is 3. The summed E-state index contributed by atoms with van der Waals surface area (Å²) in [7, 11) is 0. The lowest BCUT2D eigenvalue weighted by atomic mass is 10.0. The highest BCUT2D eigenvalue weighted by atomic mass is 35.5. The lowest BCUT2D eigenvalue weighted by Gasteiger charge is -2.29. The minimum absolute atomic E-state index is 0.143. The number of carbonyl (C=O) groups is 3. The van der Waals surface area contributed by atoms with Crippen LogP contribution in [0.4, 0.5) is 0 Å². The van der Waals surface area contributed by atoms with Gasteiger partial charge in [-0.05, 0) is 46.9 Å². The van der Waals surface area contributed by atoms with Crippen LogP contribution in [0.1, 0.15) is 45.5 Å². The number of benzene rings is 2. The van der Waals surface area contributed by atoms with Gasteiger partial charge < -0.3 is 10.1 Å². The van der Waals surface area contributed by atoms with E-state index >= 15 is 0 Å². The first-order valence-electron chi connectivity index (χ1n) is 12.0. The monoisotopic (exact) mass is 496 g/mol. The van der Waals surface area contributed by atoms with Gasteiger partial charge in [0.2, 0.25) is 11.8 Å². The predicted octanol–water partition coefficient (Wildman–Crippen LogP) is 2.22. The topological polar surface area (TPSA) is 91.0 Å². The van der Waals surface area contributed by atoms with E-state index in [1.165, 1.54) is 5.56 Å². The molecule has 2 aromatic carbocycles. The molecule has 0 aliphatic carbocycles. The second-order valence-electron chi connectivity index (χ2n) is 9.35. The van der Waals surface area contributed by atoms with E-state index in [-0.39, 0.29) is 23.8 Å². The molecule has 0 spiro atoms. The number of piperidine rings is 1. The van der Waals surface area contributed by atoms with Crippen LogP contribution < -0.4 is 10.6 Å². The average Bonchev–Trinajstić information content (AvgIpc) is 3.27. The van der Waals surface area contributed by atoms with E-state index in [1.807, 2.05) is 12.1 Å². The summed E-state index contributed by atoms with van der Waals surface area (Å²) in [6.45, 7) is 5.58. The number of nitrogens with one attached hydrogen (secondary N) is 2. The average molecular weight is 497 g/mol. The first-order chi connectivity index (χ1) is 17.0. The molecule has 9 heteroatoms. The molecule has 1 atom stereocenters. The van der Waals surface area contributed by atoms with Gasteiger partial charge in [-0.15, -0.1) is 0 Å². The van der Waals surface area contributed by atoms with Gasteiger partial charge in [-0.3, -0.25) is 29.5 Å². The lowest BCUT2D eigenvalue weighted by Crippen LogP contribution is -2.50. The Morgan fingerprint density at radius 3 is 2.69 bits per heavy atom. The van der Waals surface area contributed by atoms with Gasteiger partial charge in [0.05, 0.1) is 19.3 Å². The quantitative estimate of drug-likeness (QED) is 0.596. The second-order valence-corrected chi connectivity index (χ2v) is 9.76. The Kier molecular flexibility index (Phi) is 7.15. The molecule has 0 saturated carbocycles. The van der Waals surface area contributed by atoms with Crippen molar-refractivity contribution in [1.82, 2.24) is 20.4 Å². The number of rotatable bonds is 6. The van der Waals surface area contributed by atoms with Gasteiger partial charge in [-0.1, -0.05) is 29.8 Å². The number of hydrogen-bond donors (Lipinski definition) is 2. The summed E-state index contributed by atoms with van der Waals surface area (Å²) in [4.78, 5) is 40.9. The predicted molar refractivity (Wildman–Crippen MR) is 131 cm³/mol. The Hall–Kier alpha value is -2.78. The van der Waals surface area contributed by atoms with Crippen molar-refractivity contribution in [2.24, 2.45) is 0 Å². The number of nitrogens with zero attached hydrogens (tertiary/aromatic N) is 2. The molecule has 3 amide bonds. The fourth-order valence-corrected chi connectivity index (χ4v) is 5.13. The van der Waals surface area contributed by atoms with Crippen LogP contribution in [0.25, 0.3) is 0 Å². The number of imide groups is 1. The van der Waals surface area contributed by atoms with Crippen LogP contribution in [0.15, 0.2) is 36.4 Å². The Bertz CT molecular complexity index is 1150. The number of hydrogen-bond acceptors (Lipinski definition) is 6. The van der Waals surface area contributed by atoms with Crippen LogP contribution in [-0.4, -0.2) is 59.9 Å². The van der Waals surface area contributed by atoms with E-state index in [0.29, 0.717) is 62.8 Å². The fourth-order valence-electron chi connectivity index (χ4n) is 4.96. The molecule has 1 unspecified atom stereocenters. The molecular weight excluding hydrogens is 468 g/mol. The molecule has 8 nitrogen and oxygen atoms in total. The van der Waals surface area contributed by atoms with Gasteiger partial charge in [0.25, 0.3) is 5.91 Å². The molecule has 2 aromatic rings. The van der Waals surface area contributed by atoms with Crippen LogP contribution in [0.5, 0.6) is 0 Å². The summed E-state index contributed by atoms with van der Waals surface area (Å²) >= 11 is 6.40. The van der Waals surface area contributed by atoms with Crippen LogP contribution in [-0.2, 0) is 40.5 Å².